The minimum atomic E-state index is -0.186. The zero-order valence-corrected chi connectivity index (χ0v) is 18.4. The first-order valence-electron chi connectivity index (χ1n) is 10.2. The summed E-state index contributed by atoms with van der Waals surface area (Å²) in [5.41, 5.74) is 2.11. The molecule has 0 aliphatic carbocycles. The topological polar surface area (TPSA) is 89.1 Å². The first-order chi connectivity index (χ1) is 14.9. The highest BCUT2D eigenvalue weighted by Gasteiger charge is 2.30. The van der Waals surface area contributed by atoms with E-state index in [2.05, 4.69) is 15.5 Å². The van der Waals surface area contributed by atoms with E-state index in [9.17, 15) is 9.59 Å². The predicted molar refractivity (Wildman–Crippen MR) is 119 cm³/mol. The lowest BCUT2D eigenvalue weighted by atomic mass is 10.0. The molecule has 0 radical (unpaired) electrons. The molecule has 1 aliphatic rings. The molecular formula is C23H29N3O5. The summed E-state index contributed by atoms with van der Waals surface area (Å²) in [6.07, 6.45) is 1.91. The molecular weight excluding hydrogens is 398 g/mol. The molecule has 1 heterocycles. The van der Waals surface area contributed by atoms with Crippen molar-refractivity contribution in [3.05, 3.63) is 42.0 Å². The van der Waals surface area contributed by atoms with Crippen molar-refractivity contribution in [2.24, 2.45) is 0 Å². The van der Waals surface area contributed by atoms with Crippen LogP contribution in [0.3, 0.4) is 0 Å². The number of nitrogens with one attached hydrogen (secondary N) is 2. The van der Waals surface area contributed by atoms with Crippen molar-refractivity contribution >= 4 is 23.2 Å². The van der Waals surface area contributed by atoms with Crippen LogP contribution in [0.15, 0.2) is 36.4 Å². The quantitative estimate of drug-likeness (QED) is 0.671. The number of benzene rings is 2. The Labute approximate surface area is 182 Å². The maximum atomic E-state index is 12.9. The molecule has 0 aromatic heterocycles. The summed E-state index contributed by atoms with van der Waals surface area (Å²) in [6.45, 7) is 2.46. The van der Waals surface area contributed by atoms with E-state index in [1.165, 1.54) is 14.0 Å². The average Bonchev–Trinajstić information content (AvgIpc) is 3.20. The van der Waals surface area contributed by atoms with Gasteiger partial charge in [0.1, 0.15) is 17.2 Å². The van der Waals surface area contributed by atoms with Crippen molar-refractivity contribution in [3.63, 3.8) is 0 Å². The first-order valence-corrected chi connectivity index (χ1v) is 10.2. The van der Waals surface area contributed by atoms with E-state index in [1.54, 1.807) is 32.4 Å². The number of likely N-dealkylation sites (tertiary alicyclic amines) is 1. The van der Waals surface area contributed by atoms with Crippen LogP contribution in [-0.4, -0.2) is 51.1 Å². The molecule has 1 unspecified atom stereocenters. The van der Waals surface area contributed by atoms with Gasteiger partial charge in [-0.25, -0.2) is 0 Å². The van der Waals surface area contributed by atoms with E-state index < -0.39 is 0 Å². The van der Waals surface area contributed by atoms with E-state index >= 15 is 0 Å². The van der Waals surface area contributed by atoms with Gasteiger partial charge in [0, 0.05) is 24.2 Å². The maximum absolute atomic E-state index is 12.9. The Hall–Kier alpha value is -3.26. The fourth-order valence-electron chi connectivity index (χ4n) is 3.93. The third kappa shape index (κ3) is 5.46. The monoisotopic (exact) mass is 427 g/mol. The van der Waals surface area contributed by atoms with Gasteiger partial charge in [0.15, 0.2) is 0 Å². The smallest absolute Gasteiger partial charge is 0.238 e. The molecule has 3 rings (SSSR count). The Kier molecular flexibility index (Phi) is 7.36. The molecule has 2 aromatic carbocycles. The fourth-order valence-corrected chi connectivity index (χ4v) is 3.93. The Bertz CT molecular complexity index is 947. The SMILES string of the molecule is COc1ccc(OC)c(C2CCCN2CC(=O)Nc2cc(NC(C)=O)ccc2OC)c1. The van der Waals surface area contributed by atoms with Gasteiger partial charge in [-0.15, -0.1) is 0 Å². The summed E-state index contributed by atoms with van der Waals surface area (Å²) in [7, 11) is 4.81. The number of methoxy groups -OCH3 is 3. The fraction of sp³-hybridized carbons (Fsp3) is 0.391. The van der Waals surface area contributed by atoms with Crippen LogP contribution < -0.4 is 24.8 Å². The average molecular weight is 428 g/mol. The summed E-state index contributed by atoms with van der Waals surface area (Å²) >= 11 is 0. The largest absolute Gasteiger partial charge is 0.497 e. The van der Waals surface area contributed by atoms with Crippen molar-refractivity contribution in [3.8, 4) is 17.2 Å². The van der Waals surface area contributed by atoms with Gasteiger partial charge in [-0.3, -0.25) is 14.5 Å². The lowest BCUT2D eigenvalue weighted by Crippen LogP contribution is -2.33. The molecule has 2 amide bonds. The van der Waals surface area contributed by atoms with E-state index in [4.69, 9.17) is 14.2 Å². The van der Waals surface area contributed by atoms with Gasteiger partial charge in [0.05, 0.1) is 33.6 Å². The molecule has 1 aliphatic heterocycles. The van der Waals surface area contributed by atoms with Crippen molar-refractivity contribution in [2.45, 2.75) is 25.8 Å². The number of rotatable bonds is 8. The molecule has 2 N–H and O–H groups in total. The summed E-state index contributed by atoms with van der Waals surface area (Å²) in [5, 5.41) is 5.63. The number of hydrogen-bond acceptors (Lipinski definition) is 6. The van der Waals surface area contributed by atoms with Gasteiger partial charge in [-0.2, -0.15) is 0 Å². The Morgan fingerprint density at radius 1 is 1.00 bits per heavy atom. The zero-order chi connectivity index (χ0) is 22.4. The van der Waals surface area contributed by atoms with Crippen molar-refractivity contribution in [1.29, 1.82) is 0 Å². The number of ether oxygens (including phenoxy) is 3. The molecule has 1 atom stereocenters. The van der Waals surface area contributed by atoms with E-state index in [0.717, 1.165) is 36.4 Å². The minimum Gasteiger partial charge on any atom is -0.497 e. The van der Waals surface area contributed by atoms with Crippen LogP contribution in [0.2, 0.25) is 0 Å². The second kappa shape index (κ2) is 10.2. The zero-order valence-electron chi connectivity index (χ0n) is 18.4. The van der Waals surface area contributed by atoms with Crippen molar-refractivity contribution in [2.75, 3.05) is 45.1 Å². The second-order valence-corrected chi connectivity index (χ2v) is 7.38. The highest BCUT2D eigenvalue weighted by molar-refractivity contribution is 5.96. The third-order valence-corrected chi connectivity index (χ3v) is 5.30. The molecule has 166 valence electrons. The number of anilines is 2. The molecule has 8 nitrogen and oxygen atoms in total. The molecule has 31 heavy (non-hydrogen) atoms. The first kappa shape index (κ1) is 22.4. The van der Waals surface area contributed by atoms with Crippen LogP contribution in [0.5, 0.6) is 17.2 Å². The maximum Gasteiger partial charge on any atom is 0.238 e. The van der Waals surface area contributed by atoms with Crippen LogP contribution in [0, 0.1) is 0 Å². The van der Waals surface area contributed by atoms with Crippen LogP contribution in [0.4, 0.5) is 11.4 Å². The van der Waals surface area contributed by atoms with Crippen LogP contribution >= 0.6 is 0 Å². The van der Waals surface area contributed by atoms with Crippen LogP contribution in [0.1, 0.15) is 31.4 Å². The number of nitrogens with zero attached hydrogens (tertiary/aromatic N) is 1. The number of hydrogen-bond donors (Lipinski definition) is 2. The Balaban J connectivity index is 1.75. The molecule has 0 spiro atoms. The van der Waals surface area contributed by atoms with Crippen molar-refractivity contribution < 1.29 is 23.8 Å². The lowest BCUT2D eigenvalue weighted by molar-refractivity contribution is -0.117. The number of amides is 2. The summed E-state index contributed by atoms with van der Waals surface area (Å²) in [5.74, 6) is 1.71. The van der Waals surface area contributed by atoms with Crippen molar-refractivity contribution in [1.82, 2.24) is 4.90 Å². The van der Waals surface area contributed by atoms with E-state index in [0.29, 0.717) is 17.1 Å². The minimum absolute atomic E-state index is 0.0587. The number of carbonyl (C=O) groups excluding carboxylic acids is 2. The second-order valence-electron chi connectivity index (χ2n) is 7.38. The molecule has 0 saturated carbocycles. The normalized spacial score (nSPS) is 15.9. The van der Waals surface area contributed by atoms with Gasteiger partial charge < -0.3 is 24.8 Å². The standard InChI is InChI=1S/C23H29N3O5/c1-15(27)24-16-7-9-22(31-4)19(12-16)25-23(28)14-26-11-5-6-20(26)18-13-17(29-2)8-10-21(18)30-3/h7-10,12-13,20H,5-6,11,14H2,1-4H3,(H,24,27)(H,25,28). The molecule has 0 bridgehead atoms. The predicted octanol–water partition coefficient (Wildman–Crippen LogP) is 3.45. The summed E-state index contributed by atoms with van der Waals surface area (Å²) in [4.78, 5) is 26.4. The molecule has 2 aromatic rings. The molecule has 8 heteroatoms. The van der Waals surface area contributed by atoms with Gasteiger partial charge >= 0.3 is 0 Å². The number of carbonyl (C=O) groups is 2. The summed E-state index contributed by atoms with van der Waals surface area (Å²) < 4.78 is 16.3. The third-order valence-electron chi connectivity index (χ3n) is 5.30. The molecule has 1 saturated heterocycles. The summed E-state index contributed by atoms with van der Waals surface area (Å²) in [6, 6.07) is 10.9. The van der Waals surface area contributed by atoms with E-state index in [1.807, 2.05) is 18.2 Å². The van der Waals surface area contributed by atoms with Gasteiger partial charge in [0.2, 0.25) is 11.8 Å². The lowest BCUT2D eigenvalue weighted by Gasteiger charge is -2.26. The Morgan fingerprint density at radius 2 is 1.74 bits per heavy atom. The van der Waals surface area contributed by atoms with Gasteiger partial charge in [-0.1, -0.05) is 0 Å². The Morgan fingerprint density at radius 3 is 2.42 bits per heavy atom. The highest BCUT2D eigenvalue weighted by Crippen LogP contribution is 2.38. The van der Waals surface area contributed by atoms with E-state index in [-0.39, 0.29) is 24.4 Å². The van der Waals surface area contributed by atoms with Gasteiger partial charge in [-0.05, 0) is 55.8 Å². The molecule has 1 fully saturated rings. The highest BCUT2D eigenvalue weighted by atomic mass is 16.5. The van der Waals surface area contributed by atoms with Gasteiger partial charge in [0.25, 0.3) is 0 Å². The van der Waals surface area contributed by atoms with Crippen LogP contribution in [-0.2, 0) is 9.59 Å². The van der Waals surface area contributed by atoms with Crippen LogP contribution in [0.25, 0.3) is 0 Å².